The molecule has 1 spiro atoms. The number of fused-ring (bicyclic) bond motifs is 3. The summed E-state index contributed by atoms with van der Waals surface area (Å²) in [5.74, 6) is -0.665. The van der Waals surface area contributed by atoms with E-state index < -0.39 is 23.2 Å². The Kier molecular flexibility index (Phi) is 5.17. The zero-order valence-corrected chi connectivity index (χ0v) is 19.1. The number of rotatable bonds is 5. The summed E-state index contributed by atoms with van der Waals surface area (Å²) in [6.45, 7) is 1.66. The van der Waals surface area contributed by atoms with Gasteiger partial charge in [-0.05, 0) is 35.9 Å². The lowest BCUT2D eigenvalue weighted by atomic mass is 10.0. The van der Waals surface area contributed by atoms with Gasteiger partial charge in [0.1, 0.15) is 18.2 Å². The van der Waals surface area contributed by atoms with Crippen LogP contribution in [-0.4, -0.2) is 34.3 Å². The summed E-state index contributed by atoms with van der Waals surface area (Å²) in [6.07, 6.45) is -3.69. The molecule has 6 rings (SSSR count). The SMILES string of the molecule is N#Cc1cc(Oc2ccc(COc3cc4n(c(=O)n3)C[C@@]35CO[C@@H](CN43)C5)cc2F)cc(C(F)(F)F)c1. The van der Waals surface area contributed by atoms with E-state index in [4.69, 9.17) is 19.5 Å². The summed E-state index contributed by atoms with van der Waals surface area (Å²) < 4.78 is 72.3. The molecule has 3 aliphatic heterocycles. The predicted molar refractivity (Wildman–Crippen MR) is 120 cm³/mol. The highest BCUT2D eigenvalue weighted by Crippen LogP contribution is 2.46. The van der Waals surface area contributed by atoms with Crippen molar-refractivity contribution in [2.24, 2.45) is 0 Å². The monoisotopic (exact) mass is 514 g/mol. The molecule has 3 aliphatic rings. The maximum atomic E-state index is 14.7. The number of halogens is 4. The number of hydrogen-bond donors (Lipinski definition) is 0. The summed E-state index contributed by atoms with van der Waals surface area (Å²) in [5.41, 5.74) is -1.62. The van der Waals surface area contributed by atoms with E-state index in [0.717, 1.165) is 18.6 Å². The average molecular weight is 514 g/mol. The molecule has 0 amide bonds. The third kappa shape index (κ3) is 4.05. The van der Waals surface area contributed by atoms with Gasteiger partial charge in [0, 0.05) is 19.0 Å². The molecule has 0 radical (unpaired) electrons. The molecule has 2 saturated heterocycles. The highest BCUT2D eigenvalue weighted by molar-refractivity contribution is 5.53. The van der Waals surface area contributed by atoms with Gasteiger partial charge in [0.15, 0.2) is 11.6 Å². The number of hydrogen-bond acceptors (Lipinski definition) is 7. The van der Waals surface area contributed by atoms with Crippen LogP contribution in [0.15, 0.2) is 47.3 Å². The molecule has 37 heavy (non-hydrogen) atoms. The van der Waals surface area contributed by atoms with Gasteiger partial charge in [-0.2, -0.15) is 23.4 Å². The Morgan fingerprint density at radius 2 is 2.05 bits per heavy atom. The second-order valence-corrected chi connectivity index (χ2v) is 9.30. The second-order valence-electron chi connectivity index (χ2n) is 9.30. The summed E-state index contributed by atoms with van der Waals surface area (Å²) in [5, 5.41) is 9.01. The summed E-state index contributed by atoms with van der Waals surface area (Å²) >= 11 is 0. The zero-order chi connectivity index (χ0) is 25.9. The van der Waals surface area contributed by atoms with E-state index in [9.17, 15) is 22.4 Å². The number of anilines is 1. The van der Waals surface area contributed by atoms with Crippen LogP contribution in [-0.2, 0) is 24.1 Å². The van der Waals surface area contributed by atoms with Crippen molar-refractivity contribution in [3.05, 3.63) is 75.5 Å². The summed E-state index contributed by atoms with van der Waals surface area (Å²) in [6, 6.07) is 9.62. The number of alkyl halides is 3. The van der Waals surface area contributed by atoms with Gasteiger partial charge in [-0.3, -0.25) is 4.57 Å². The Morgan fingerprint density at radius 3 is 2.78 bits per heavy atom. The molecule has 190 valence electrons. The molecule has 1 aromatic heterocycles. The van der Waals surface area contributed by atoms with Crippen LogP contribution >= 0.6 is 0 Å². The van der Waals surface area contributed by atoms with Gasteiger partial charge < -0.3 is 19.1 Å². The minimum atomic E-state index is -4.69. The average Bonchev–Trinajstić information content (AvgIpc) is 3.52. The van der Waals surface area contributed by atoms with E-state index in [1.807, 2.05) is 0 Å². The Bertz CT molecular complexity index is 1520. The molecule has 0 unspecified atom stereocenters. The molecular formula is C25H18F4N4O4. The van der Waals surface area contributed by atoms with Crippen molar-refractivity contribution in [3.63, 3.8) is 0 Å². The molecule has 12 heteroatoms. The Balaban J connectivity index is 1.17. The first-order chi connectivity index (χ1) is 17.6. The smallest absolute Gasteiger partial charge is 0.416 e. The van der Waals surface area contributed by atoms with Crippen LogP contribution < -0.4 is 20.1 Å². The number of benzene rings is 2. The Morgan fingerprint density at radius 1 is 1.22 bits per heavy atom. The minimum absolute atomic E-state index is 0.103. The summed E-state index contributed by atoms with van der Waals surface area (Å²) in [4.78, 5) is 18.7. The van der Waals surface area contributed by atoms with Crippen LogP contribution in [0.3, 0.4) is 0 Å². The molecule has 0 saturated carbocycles. The van der Waals surface area contributed by atoms with Gasteiger partial charge in [0.05, 0.1) is 42.0 Å². The molecule has 3 aromatic rings. The maximum Gasteiger partial charge on any atom is 0.416 e. The largest absolute Gasteiger partial charge is 0.473 e. The molecule has 2 aromatic carbocycles. The third-order valence-corrected chi connectivity index (χ3v) is 6.82. The molecular weight excluding hydrogens is 496 g/mol. The van der Waals surface area contributed by atoms with E-state index in [2.05, 4.69) is 9.88 Å². The fourth-order valence-electron chi connectivity index (χ4n) is 5.15. The van der Waals surface area contributed by atoms with Crippen LogP contribution in [0.2, 0.25) is 0 Å². The van der Waals surface area contributed by atoms with E-state index in [0.29, 0.717) is 43.2 Å². The van der Waals surface area contributed by atoms with E-state index in [1.54, 1.807) is 16.7 Å². The number of nitriles is 1. The second kappa shape index (κ2) is 8.21. The lowest BCUT2D eigenvalue weighted by Crippen LogP contribution is -2.46. The van der Waals surface area contributed by atoms with Crippen molar-refractivity contribution in [2.45, 2.75) is 37.4 Å². The molecule has 2 atom stereocenters. The van der Waals surface area contributed by atoms with Crippen molar-refractivity contribution >= 4 is 5.82 Å². The van der Waals surface area contributed by atoms with Crippen molar-refractivity contribution < 1.29 is 31.8 Å². The summed E-state index contributed by atoms with van der Waals surface area (Å²) in [7, 11) is 0. The predicted octanol–water partition coefficient (Wildman–Crippen LogP) is 4.01. The highest BCUT2D eigenvalue weighted by atomic mass is 19.4. The van der Waals surface area contributed by atoms with Crippen LogP contribution in [0.1, 0.15) is 23.1 Å². The van der Waals surface area contributed by atoms with Gasteiger partial charge in [-0.25, -0.2) is 9.18 Å². The van der Waals surface area contributed by atoms with Gasteiger partial charge in [0.25, 0.3) is 0 Å². The highest BCUT2D eigenvalue weighted by Gasteiger charge is 2.56. The van der Waals surface area contributed by atoms with E-state index in [-0.39, 0.29) is 41.2 Å². The van der Waals surface area contributed by atoms with Crippen molar-refractivity contribution in [1.29, 1.82) is 5.26 Å². The fraction of sp³-hybridized carbons (Fsp3) is 0.320. The number of aromatic nitrogens is 2. The van der Waals surface area contributed by atoms with Crippen LogP contribution in [0.25, 0.3) is 0 Å². The van der Waals surface area contributed by atoms with Gasteiger partial charge in [0.2, 0.25) is 5.88 Å². The molecule has 2 bridgehead atoms. The lowest BCUT2D eigenvalue weighted by molar-refractivity contribution is -0.137. The van der Waals surface area contributed by atoms with E-state index in [1.165, 1.54) is 12.1 Å². The van der Waals surface area contributed by atoms with Crippen molar-refractivity contribution in [2.75, 3.05) is 18.1 Å². The molecule has 0 N–H and O–H groups in total. The fourth-order valence-corrected chi connectivity index (χ4v) is 5.15. The third-order valence-electron chi connectivity index (χ3n) is 6.82. The molecule has 4 heterocycles. The van der Waals surface area contributed by atoms with Gasteiger partial charge >= 0.3 is 11.9 Å². The van der Waals surface area contributed by atoms with Gasteiger partial charge in [-0.1, -0.05) is 6.07 Å². The van der Waals surface area contributed by atoms with Crippen LogP contribution in [0, 0.1) is 17.1 Å². The maximum absolute atomic E-state index is 14.7. The first-order valence-electron chi connectivity index (χ1n) is 11.4. The first kappa shape index (κ1) is 23.3. The Labute approximate surface area is 207 Å². The normalized spacial score (nSPS) is 21.5. The van der Waals surface area contributed by atoms with Gasteiger partial charge in [-0.15, -0.1) is 0 Å². The Hall–Kier alpha value is -4.11. The van der Waals surface area contributed by atoms with Crippen LogP contribution in [0.4, 0.5) is 23.4 Å². The standard InChI is InChI=1S/C25H18F4N4O4/c26-19-5-14(1-2-20(19)37-17-4-15(9-30)3-16(6-17)25(27,28)29)11-35-21-7-22-32(23(34)31-21)12-24-8-18(36-13-24)10-33(22)24/h1-7,18H,8,10-13H2/t18-,24+/m1/s1. The quantitative estimate of drug-likeness (QED) is 0.476. The van der Waals surface area contributed by atoms with Crippen molar-refractivity contribution in [3.8, 4) is 23.4 Å². The molecule has 8 nitrogen and oxygen atoms in total. The minimum Gasteiger partial charge on any atom is -0.473 e. The zero-order valence-electron chi connectivity index (χ0n) is 19.1. The number of morpholine rings is 1. The first-order valence-corrected chi connectivity index (χ1v) is 11.4. The molecule has 2 fully saturated rings. The number of ether oxygens (including phenoxy) is 3. The lowest BCUT2D eigenvalue weighted by Gasteiger charge is -2.32. The topological polar surface area (TPSA) is 89.6 Å². The number of nitrogens with zero attached hydrogens (tertiary/aromatic N) is 4. The molecule has 0 aliphatic carbocycles. The van der Waals surface area contributed by atoms with Crippen LogP contribution in [0.5, 0.6) is 17.4 Å². The van der Waals surface area contributed by atoms with Crippen molar-refractivity contribution in [1.82, 2.24) is 9.55 Å². The van der Waals surface area contributed by atoms with E-state index >= 15 is 0 Å².